The molecule has 1 aromatic carbocycles. The van der Waals surface area contributed by atoms with E-state index in [-0.39, 0.29) is 0 Å². The van der Waals surface area contributed by atoms with Gasteiger partial charge in [-0.1, -0.05) is 23.7 Å². The van der Waals surface area contributed by atoms with Crippen LogP contribution in [0.4, 0.5) is 5.69 Å². The third-order valence-corrected chi connectivity index (χ3v) is 5.97. The molecule has 1 saturated heterocycles. The Balaban J connectivity index is 1.56. The van der Waals surface area contributed by atoms with Gasteiger partial charge in [0.2, 0.25) is 0 Å². The molecule has 0 unspecified atom stereocenters. The highest BCUT2D eigenvalue weighted by Crippen LogP contribution is 2.47. The van der Waals surface area contributed by atoms with E-state index in [1.807, 2.05) is 18.2 Å². The molecule has 1 aliphatic heterocycles. The van der Waals surface area contributed by atoms with Gasteiger partial charge in [0.15, 0.2) is 0 Å². The number of carboxylic acid groups (broad SMARTS) is 1. The van der Waals surface area contributed by atoms with Crippen molar-refractivity contribution < 1.29 is 9.90 Å². The monoisotopic (exact) mass is 321 g/mol. The first-order valence-corrected chi connectivity index (χ1v) is 8.67. The maximum Gasteiger partial charge on any atom is 0.303 e. The van der Waals surface area contributed by atoms with Crippen molar-refractivity contribution in [1.82, 2.24) is 0 Å². The first kappa shape index (κ1) is 15.7. The predicted octanol–water partition coefficient (Wildman–Crippen LogP) is 4.59. The first-order valence-electron chi connectivity index (χ1n) is 8.29. The summed E-state index contributed by atoms with van der Waals surface area (Å²) in [6.45, 7) is 2.13. The second-order valence-electron chi connectivity index (χ2n) is 6.98. The summed E-state index contributed by atoms with van der Waals surface area (Å²) in [5.74, 6) is -0.251. The van der Waals surface area contributed by atoms with Crippen molar-refractivity contribution in [3.63, 3.8) is 0 Å². The highest BCUT2D eigenvalue weighted by Gasteiger charge is 2.38. The number of para-hydroxylation sites is 1. The molecule has 0 amide bonds. The summed E-state index contributed by atoms with van der Waals surface area (Å²) in [6, 6.07) is 8.08. The molecule has 3 nitrogen and oxygen atoms in total. The fourth-order valence-electron chi connectivity index (χ4n) is 4.17. The summed E-state index contributed by atoms with van der Waals surface area (Å²) >= 11 is 6.31. The van der Waals surface area contributed by atoms with Crippen LogP contribution >= 0.6 is 11.6 Å². The van der Waals surface area contributed by atoms with Gasteiger partial charge in [-0.2, -0.15) is 0 Å². The van der Waals surface area contributed by atoms with E-state index in [0.717, 1.165) is 36.6 Å². The predicted molar refractivity (Wildman–Crippen MR) is 89.5 cm³/mol. The van der Waals surface area contributed by atoms with Crippen molar-refractivity contribution >= 4 is 23.3 Å². The molecule has 1 aromatic rings. The summed E-state index contributed by atoms with van der Waals surface area (Å²) < 4.78 is 0. The number of aliphatic carboxylic acids is 1. The van der Waals surface area contributed by atoms with Crippen molar-refractivity contribution in [2.75, 3.05) is 18.0 Å². The topological polar surface area (TPSA) is 40.5 Å². The van der Waals surface area contributed by atoms with E-state index < -0.39 is 5.97 Å². The number of rotatable bonds is 3. The van der Waals surface area contributed by atoms with E-state index in [9.17, 15) is 4.79 Å². The lowest BCUT2D eigenvalue weighted by Gasteiger charge is -2.46. The number of hydrogen-bond acceptors (Lipinski definition) is 2. The second-order valence-corrected chi connectivity index (χ2v) is 7.39. The molecule has 1 spiro atoms. The maximum atomic E-state index is 10.8. The van der Waals surface area contributed by atoms with E-state index in [1.165, 1.54) is 25.7 Å². The number of piperidine rings is 1. The molecule has 1 saturated carbocycles. The van der Waals surface area contributed by atoms with Gasteiger partial charge in [-0.05, 0) is 62.0 Å². The number of hydrogen-bond donors (Lipinski definition) is 1. The van der Waals surface area contributed by atoms with Crippen molar-refractivity contribution in [2.24, 2.45) is 11.3 Å². The molecular formula is C18H24ClNO2. The van der Waals surface area contributed by atoms with Gasteiger partial charge in [0, 0.05) is 19.5 Å². The van der Waals surface area contributed by atoms with Gasteiger partial charge in [0.1, 0.15) is 0 Å². The van der Waals surface area contributed by atoms with Gasteiger partial charge in [-0.15, -0.1) is 0 Å². The SMILES string of the molecule is O=C(O)CC1CCC2(CC1)CCN(c1ccccc1Cl)CC2. The van der Waals surface area contributed by atoms with Crippen molar-refractivity contribution in [1.29, 1.82) is 0 Å². The minimum absolute atomic E-state index is 0.349. The number of nitrogens with zero attached hydrogens (tertiary/aromatic N) is 1. The molecule has 0 radical (unpaired) electrons. The van der Waals surface area contributed by atoms with Gasteiger partial charge >= 0.3 is 5.97 Å². The maximum absolute atomic E-state index is 10.8. The number of benzene rings is 1. The van der Waals surface area contributed by atoms with E-state index in [2.05, 4.69) is 11.0 Å². The third kappa shape index (κ3) is 3.40. The lowest BCUT2D eigenvalue weighted by atomic mass is 9.65. The summed E-state index contributed by atoms with van der Waals surface area (Å²) in [5, 5.41) is 9.77. The normalized spacial score (nSPS) is 22.0. The van der Waals surface area contributed by atoms with Gasteiger partial charge in [-0.25, -0.2) is 0 Å². The standard InChI is InChI=1S/C18H24ClNO2/c19-15-3-1-2-4-16(15)20-11-9-18(10-12-20)7-5-14(6-8-18)13-17(21)22/h1-4,14H,5-13H2,(H,21,22). The zero-order valence-corrected chi connectivity index (χ0v) is 13.7. The summed E-state index contributed by atoms with van der Waals surface area (Å²) in [6.07, 6.45) is 7.32. The molecule has 3 rings (SSSR count). The Hall–Kier alpha value is -1.22. The number of carbonyl (C=O) groups is 1. The fourth-order valence-corrected chi connectivity index (χ4v) is 4.43. The van der Waals surface area contributed by atoms with Crippen molar-refractivity contribution in [2.45, 2.75) is 44.9 Å². The van der Waals surface area contributed by atoms with Gasteiger partial charge in [0.05, 0.1) is 10.7 Å². The molecule has 120 valence electrons. The molecule has 0 atom stereocenters. The van der Waals surface area contributed by atoms with Gasteiger partial charge < -0.3 is 10.0 Å². The van der Waals surface area contributed by atoms with Crippen LogP contribution in [-0.4, -0.2) is 24.2 Å². The highest BCUT2D eigenvalue weighted by molar-refractivity contribution is 6.33. The summed E-state index contributed by atoms with van der Waals surface area (Å²) in [5.41, 5.74) is 1.60. The van der Waals surface area contributed by atoms with E-state index in [0.29, 0.717) is 17.8 Å². The fraction of sp³-hybridized carbons (Fsp3) is 0.611. The zero-order chi connectivity index (χ0) is 15.6. The Kier molecular flexibility index (Phi) is 4.62. The molecule has 4 heteroatoms. The van der Waals surface area contributed by atoms with Crippen LogP contribution in [0.25, 0.3) is 0 Å². The second kappa shape index (κ2) is 6.49. The number of carboxylic acids is 1. The molecule has 0 bridgehead atoms. The lowest BCUT2D eigenvalue weighted by molar-refractivity contribution is -0.138. The molecule has 2 aliphatic rings. The van der Waals surface area contributed by atoms with Gasteiger partial charge in [0.25, 0.3) is 0 Å². The largest absolute Gasteiger partial charge is 0.481 e. The van der Waals surface area contributed by atoms with Crippen LogP contribution in [-0.2, 0) is 4.79 Å². The highest BCUT2D eigenvalue weighted by atomic mass is 35.5. The molecule has 0 aromatic heterocycles. The first-order chi connectivity index (χ1) is 10.6. The number of anilines is 1. The molecule has 1 N–H and O–H groups in total. The van der Waals surface area contributed by atoms with Crippen LogP contribution < -0.4 is 4.90 Å². The van der Waals surface area contributed by atoms with Crippen LogP contribution in [0.5, 0.6) is 0 Å². The summed E-state index contributed by atoms with van der Waals surface area (Å²) in [7, 11) is 0. The Morgan fingerprint density at radius 1 is 1.18 bits per heavy atom. The zero-order valence-electron chi connectivity index (χ0n) is 12.9. The Bertz CT molecular complexity index is 528. The Labute approximate surface area is 137 Å². The minimum Gasteiger partial charge on any atom is -0.481 e. The van der Waals surface area contributed by atoms with Crippen LogP contribution in [0.3, 0.4) is 0 Å². The Morgan fingerprint density at radius 3 is 2.41 bits per heavy atom. The van der Waals surface area contributed by atoms with Crippen LogP contribution in [0.2, 0.25) is 5.02 Å². The molecule has 1 aliphatic carbocycles. The lowest BCUT2D eigenvalue weighted by Crippen LogP contribution is -2.42. The average molecular weight is 322 g/mol. The van der Waals surface area contributed by atoms with Crippen LogP contribution in [0.1, 0.15) is 44.9 Å². The quantitative estimate of drug-likeness (QED) is 0.885. The minimum atomic E-state index is -0.644. The average Bonchev–Trinajstić information content (AvgIpc) is 2.51. The molecule has 22 heavy (non-hydrogen) atoms. The van der Waals surface area contributed by atoms with Gasteiger partial charge in [-0.3, -0.25) is 4.79 Å². The third-order valence-electron chi connectivity index (χ3n) is 5.65. The molecular weight excluding hydrogens is 298 g/mol. The molecule has 1 heterocycles. The Morgan fingerprint density at radius 2 is 1.82 bits per heavy atom. The molecule has 2 fully saturated rings. The smallest absolute Gasteiger partial charge is 0.303 e. The van der Waals surface area contributed by atoms with E-state index in [1.54, 1.807) is 0 Å². The number of halogens is 1. The van der Waals surface area contributed by atoms with Crippen molar-refractivity contribution in [3.05, 3.63) is 29.3 Å². The van der Waals surface area contributed by atoms with Crippen LogP contribution in [0, 0.1) is 11.3 Å². The summed E-state index contributed by atoms with van der Waals surface area (Å²) in [4.78, 5) is 13.2. The van der Waals surface area contributed by atoms with E-state index in [4.69, 9.17) is 16.7 Å². The van der Waals surface area contributed by atoms with E-state index >= 15 is 0 Å². The van der Waals surface area contributed by atoms with Crippen molar-refractivity contribution in [3.8, 4) is 0 Å². The van der Waals surface area contributed by atoms with Crippen LogP contribution in [0.15, 0.2) is 24.3 Å².